The van der Waals surface area contributed by atoms with E-state index in [0.717, 1.165) is 16.0 Å². The highest BCUT2D eigenvalue weighted by molar-refractivity contribution is 7.10. The van der Waals surface area contributed by atoms with Crippen LogP contribution in [0.5, 0.6) is 5.75 Å². The van der Waals surface area contributed by atoms with Crippen LogP contribution in [0, 0.1) is 6.92 Å². The Kier molecular flexibility index (Phi) is 4.22. The van der Waals surface area contributed by atoms with E-state index in [4.69, 9.17) is 10.5 Å². The minimum Gasteiger partial charge on any atom is -0.449 e. The number of hydrogen-bond acceptors (Lipinski definition) is 4. The highest BCUT2D eigenvalue weighted by atomic mass is 32.1. The molecule has 5 heteroatoms. The van der Waals surface area contributed by atoms with Gasteiger partial charge >= 0.3 is 0 Å². The van der Waals surface area contributed by atoms with Crippen molar-refractivity contribution >= 4 is 34.7 Å². The molecule has 0 bridgehead atoms. The number of thiophene rings is 1. The van der Waals surface area contributed by atoms with Crippen molar-refractivity contribution in [3.63, 3.8) is 0 Å². The van der Waals surface area contributed by atoms with Gasteiger partial charge in [-0.05, 0) is 47.7 Å². The maximum atomic E-state index is 13.1. The summed E-state index contributed by atoms with van der Waals surface area (Å²) in [6.07, 6.45) is 1.79. The van der Waals surface area contributed by atoms with E-state index in [0.29, 0.717) is 29.4 Å². The number of nitrogen functional groups attached to an aromatic ring is 1. The number of amides is 1. The highest BCUT2D eigenvalue weighted by Gasteiger charge is 2.31. The molecule has 26 heavy (non-hydrogen) atoms. The minimum absolute atomic E-state index is 0.167. The van der Waals surface area contributed by atoms with Gasteiger partial charge in [-0.1, -0.05) is 30.3 Å². The van der Waals surface area contributed by atoms with Crippen LogP contribution in [-0.2, 0) is 11.3 Å². The summed E-state index contributed by atoms with van der Waals surface area (Å²) in [6.45, 7) is 2.51. The van der Waals surface area contributed by atoms with E-state index in [1.165, 1.54) is 0 Å². The molecule has 1 amide bonds. The van der Waals surface area contributed by atoms with E-state index in [2.05, 4.69) is 0 Å². The molecule has 1 aliphatic heterocycles. The third kappa shape index (κ3) is 3.09. The van der Waals surface area contributed by atoms with Crippen LogP contribution in [-0.4, -0.2) is 5.91 Å². The first-order valence-corrected chi connectivity index (χ1v) is 9.19. The number of hydrogen-bond donors (Lipinski definition) is 1. The lowest BCUT2D eigenvalue weighted by atomic mass is 10.1. The molecule has 2 aromatic carbocycles. The highest BCUT2D eigenvalue weighted by Crippen LogP contribution is 2.38. The summed E-state index contributed by atoms with van der Waals surface area (Å²) in [5.41, 5.74) is 9.47. The molecule has 1 aliphatic rings. The zero-order chi connectivity index (χ0) is 18.1. The molecule has 3 aromatic rings. The first-order chi connectivity index (χ1) is 12.6. The summed E-state index contributed by atoms with van der Waals surface area (Å²) >= 11 is 1.56. The lowest BCUT2D eigenvalue weighted by Gasteiger charge is -2.31. The van der Waals surface area contributed by atoms with Crippen LogP contribution in [0.2, 0.25) is 0 Å². The van der Waals surface area contributed by atoms with Crippen molar-refractivity contribution in [3.05, 3.63) is 81.7 Å². The maximum absolute atomic E-state index is 13.1. The molecule has 0 saturated heterocycles. The van der Waals surface area contributed by atoms with Crippen LogP contribution in [0.4, 0.5) is 11.4 Å². The summed E-state index contributed by atoms with van der Waals surface area (Å²) in [7, 11) is 0. The normalized spacial score (nSPS) is 15.0. The van der Waals surface area contributed by atoms with E-state index in [1.54, 1.807) is 34.4 Å². The van der Waals surface area contributed by atoms with Gasteiger partial charge in [-0.2, -0.15) is 0 Å². The number of carbonyl (C=O) groups excluding carboxylic acids is 1. The molecule has 4 rings (SSSR count). The standard InChI is InChI=1S/C21H18N2O2S/c1-14-5-2-3-6-15(14)13-23-18-11-16(22)8-9-19(18)25-20(21(23)24)12-17-7-4-10-26-17/h2-12H,13,22H2,1H3/b20-12+. The zero-order valence-corrected chi connectivity index (χ0v) is 15.1. The van der Waals surface area contributed by atoms with Crippen molar-refractivity contribution in [1.82, 2.24) is 0 Å². The van der Waals surface area contributed by atoms with E-state index >= 15 is 0 Å². The summed E-state index contributed by atoms with van der Waals surface area (Å²) < 4.78 is 5.89. The monoisotopic (exact) mass is 362 g/mol. The third-order valence-corrected chi connectivity index (χ3v) is 5.18. The summed E-state index contributed by atoms with van der Waals surface area (Å²) in [4.78, 5) is 15.8. The number of anilines is 2. The van der Waals surface area contributed by atoms with Gasteiger partial charge in [0.1, 0.15) is 0 Å². The molecule has 130 valence electrons. The average molecular weight is 362 g/mol. The minimum atomic E-state index is -0.167. The van der Waals surface area contributed by atoms with E-state index in [-0.39, 0.29) is 5.91 Å². The fourth-order valence-corrected chi connectivity index (χ4v) is 3.59. The molecular weight excluding hydrogens is 344 g/mol. The molecule has 0 radical (unpaired) electrons. The Labute approximate surface area is 156 Å². The Morgan fingerprint density at radius 1 is 1.15 bits per heavy atom. The Hall–Kier alpha value is -3.05. The predicted molar refractivity (Wildman–Crippen MR) is 106 cm³/mol. The predicted octanol–water partition coefficient (Wildman–Crippen LogP) is 4.61. The fourth-order valence-electron chi connectivity index (χ4n) is 2.94. The number of rotatable bonds is 3. The summed E-state index contributed by atoms with van der Waals surface area (Å²) in [5.74, 6) is 0.785. The Bertz CT molecular complexity index is 993. The SMILES string of the molecule is Cc1ccccc1CN1C(=O)/C(=C\c2cccs2)Oc2ccc(N)cc21. The molecular formula is C21H18N2O2S. The van der Waals surface area contributed by atoms with Crippen LogP contribution in [0.1, 0.15) is 16.0 Å². The van der Waals surface area contributed by atoms with Gasteiger partial charge in [0.15, 0.2) is 11.5 Å². The van der Waals surface area contributed by atoms with Crippen molar-refractivity contribution in [1.29, 1.82) is 0 Å². The van der Waals surface area contributed by atoms with E-state index < -0.39 is 0 Å². The van der Waals surface area contributed by atoms with Crippen LogP contribution in [0.15, 0.2) is 65.7 Å². The van der Waals surface area contributed by atoms with Gasteiger partial charge in [-0.15, -0.1) is 11.3 Å². The lowest BCUT2D eigenvalue weighted by Crippen LogP contribution is -2.37. The second-order valence-corrected chi connectivity index (χ2v) is 7.15. The van der Waals surface area contributed by atoms with Crippen molar-refractivity contribution < 1.29 is 9.53 Å². The van der Waals surface area contributed by atoms with Crippen molar-refractivity contribution in [3.8, 4) is 5.75 Å². The smallest absolute Gasteiger partial charge is 0.294 e. The first kappa shape index (κ1) is 16.4. The average Bonchev–Trinajstić information content (AvgIpc) is 3.14. The summed E-state index contributed by atoms with van der Waals surface area (Å²) in [6, 6.07) is 17.3. The van der Waals surface area contributed by atoms with Gasteiger partial charge in [-0.25, -0.2) is 0 Å². The molecule has 2 N–H and O–H groups in total. The van der Waals surface area contributed by atoms with Crippen molar-refractivity contribution in [2.75, 3.05) is 10.6 Å². The molecule has 0 fully saturated rings. The first-order valence-electron chi connectivity index (χ1n) is 8.31. The second kappa shape index (κ2) is 6.69. The zero-order valence-electron chi connectivity index (χ0n) is 14.3. The molecule has 0 spiro atoms. The topological polar surface area (TPSA) is 55.6 Å². The second-order valence-electron chi connectivity index (χ2n) is 6.17. The van der Waals surface area contributed by atoms with E-state index in [1.807, 2.05) is 54.8 Å². The van der Waals surface area contributed by atoms with Crippen LogP contribution in [0.25, 0.3) is 6.08 Å². The van der Waals surface area contributed by atoms with Gasteiger partial charge < -0.3 is 10.5 Å². The molecule has 2 heterocycles. The number of nitrogens with zero attached hydrogens (tertiary/aromatic N) is 1. The molecule has 0 atom stereocenters. The third-order valence-electron chi connectivity index (χ3n) is 4.36. The Balaban J connectivity index is 1.78. The van der Waals surface area contributed by atoms with Crippen LogP contribution in [0.3, 0.4) is 0 Å². The number of benzene rings is 2. The van der Waals surface area contributed by atoms with Gasteiger partial charge in [0.2, 0.25) is 0 Å². The number of carbonyl (C=O) groups is 1. The number of fused-ring (bicyclic) bond motifs is 1. The number of aryl methyl sites for hydroxylation is 1. The molecule has 0 aliphatic carbocycles. The molecule has 4 nitrogen and oxygen atoms in total. The lowest BCUT2D eigenvalue weighted by molar-refractivity contribution is -0.117. The van der Waals surface area contributed by atoms with Crippen molar-refractivity contribution in [2.45, 2.75) is 13.5 Å². The molecule has 0 unspecified atom stereocenters. The Morgan fingerprint density at radius 2 is 2.00 bits per heavy atom. The summed E-state index contributed by atoms with van der Waals surface area (Å²) in [5, 5.41) is 1.97. The van der Waals surface area contributed by atoms with Crippen LogP contribution < -0.4 is 15.4 Å². The number of ether oxygens (including phenoxy) is 1. The van der Waals surface area contributed by atoms with Gasteiger partial charge in [0, 0.05) is 16.6 Å². The van der Waals surface area contributed by atoms with Crippen LogP contribution >= 0.6 is 11.3 Å². The quantitative estimate of drug-likeness (QED) is 0.547. The Morgan fingerprint density at radius 3 is 2.77 bits per heavy atom. The van der Waals surface area contributed by atoms with Crippen molar-refractivity contribution in [2.24, 2.45) is 0 Å². The van der Waals surface area contributed by atoms with Gasteiger partial charge in [-0.3, -0.25) is 9.69 Å². The number of nitrogens with two attached hydrogens (primary N) is 1. The maximum Gasteiger partial charge on any atom is 0.294 e. The fraction of sp³-hybridized carbons (Fsp3) is 0.0952. The molecule has 0 saturated carbocycles. The van der Waals surface area contributed by atoms with Gasteiger partial charge in [0.25, 0.3) is 5.91 Å². The van der Waals surface area contributed by atoms with Gasteiger partial charge in [0.05, 0.1) is 12.2 Å². The molecule has 1 aromatic heterocycles. The largest absolute Gasteiger partial charge is 0.449 e. The van der Waals surface area contributed by atoms with E-state index in [9.17, 15) is 4.79 Å².